The van der Waals surface area contributed by atoms with Crippen LogP contribution in [-0.2, 0) is 25.9 Å². The van der Waals surface area contributed by atoms with Crippen LogP contribution in [-0.4, -0.2) is 40.1 Å². The van der Waals surface area contributed by atoms with E-state index in [1.165, 1.54) is 0 Å². The lowest BCUT2D eigenvalue weighted by molar-refractivity contribution is -0.0378. The van der Waals surface area contributed by atoms with E-state index in [4.69, 9.17) is 15.2 Å². The van der Waals surface area contributed by atoms with E-state index in [1.807, 2.05) is 6.07 Å². The predicted molar refractivity (Wildman–Crippen MR) is 80.8 cm³/mol. The van der Waals surface area contributed by atoms with Gasteiger partial charge in [0.15, 0.2) is 9.84 Å². The zero-order valence-corrected chi connectivity index (χ0v) is 13.0. The van der Waals surface area contributed by atoms with Gasteiger partial charge in [-0.2, -0.15) is 0 Å². The van der Waals surface area contributed by atoms with Gasteiger partial charge in [0.1, 0.15) is 0 Å². The van der Waals surface area contributed by atoms with Crippen LogP contribution in [0.25, 0.3) is 0 Å². The first-order valence-electron chi connectivity index (χ1n) is 7.33. The van der Waals surface area contributed by atoms with Gasteiger partial charge in [-0.3, -0.25) is 0 Å². The molecule has 0 aromatic heterocycles. The van der Waals surface area contributed by atoms with E-state index in [1.54, 1.807) is 18.2 Å². The highest BCUT2D eigenvalue weighted by Gasteiger charge is 2.17. The van der Waals surface area contributed by atoms with Gasteiger partial charge in [-0.25, -0.2) is 8.42 Å². The summed E-state index contributed by atoms with van der Waals surface area (Å²) in [4.78, 5) is 0.308. The number of hydrogen-bond acceptors (Lipinski definition) is 5. The summed E-state index contributed by atoms with van der Waals surface area (Å²) >= 11 is 0. The summed E-state index contributed by atoms with van der Waals surface area (Å²) in [6, 6.07) is 6.75. The summed E-state index contributed by atoms with van der Waals surface area (Å²) in [6.45, 7) is 1.77. The SMILES string of the molecule is NCc1cccc(S(=O)(=O)CCOCC2CCCCO2)c1. The van der Waals surface area contributed by atoms with Crippen molar-refractivity contribution in [2.75, 3.05) is 25.6 Å². The monoisotopic (exact) mass is 313 g/mol. The smallest absolute Gasteiger partial charge is 0.180 e. The molecule has 1 aromatic carbocycles. The molecule has 0 saturated carbocycles. The minimum absolute atomic E-state index is 0.0201. The fourth-order valence-electron chi connectivity index (χ4n) is 2.31. The van der Waals surface area contributed by atoms with Crippen molar-refractivity contribution in [1.82, 2.24) is 0 Å². The van der Waals surface area contributed by atoms with Crippen LogP contribution < -0.4 is 5.73 Å². The number of sulfone groups is 1. The Labute approximate surface area is 126 Å². The third kappa shape index (κ3) is 5.07. The van der Waals surface area contributed by atoms with Crippen LogP contribution in [0, 0.1) is 0 Å². The van der Waals surface area contributed by atoms with Gasteiger partial charge in [0.25, 0.3) is 0 Å². The lowest BCUT2D eigenvalue weighted by Crippen LogP contribution is -2.25. The number of hydrogen-bond donors (Lipinski definition) is 1. The molecule has 2 rings (SSSR count). The van der Waals surface area contributed by atoms with Gasteiger partial charge in [0, 0.05) is 13.2 Å². The van der Waals surface area contributed by atoms with E-state index in [9.17, 15) is 8.42 Å². The lowest BCUT2D eigenvalue weighted by atomic mass is 10.1. The molecule has 1 unspecified atom stereocenters. The lowest BCUT2D eigenvalue weighted by Gasteiger charge is -2.22. The van der Waals surface area contributed by atoms with Crippen molar-refractivity contribution in [2.24, 2.45) is 5.73 Å². The number of rotatable bonds is 7. The standard InChI is InChI=1S/C15H23NO4S/c16-11-13-4-3-6-15(10-13)21(17,18)9-8-19-12-14-5-1-2-7-20-14/h3-4,6,10,14H,1-2,5,7-9,11-12,16H2. The molecule has 21 heavy (non-hydrogen) atoms. The highest BCUT2D eigenvalue weighted by molar-refractivity contribution is 7.91. The third-order valence-corrected chi connectivity index (χ3v) is 5.24. The van der Waals surface area contributed by atoms with Gasteiger partial charge in [0.05, 0.1) is 30.0 Å². The normalized spacial score (nSPS) is 19.6. The minimum Gasteiger partial charge on any atom is -0.378 e. The summed E-state index contributed by atoms with van der Waals surface area (Å²) in [6.07, 6.45) is 3.35. The van der Waals surface area contributed by atoms with Gasteiger partial charge in [0.2, 0.25) is 0 Å². The molecule has 6 heteroatoms. The van der Waals surface area contributed by atoms with E-state index < -0.39 is 9.84 Å². The molecule has 1 saturated heterocycles. The topological polar surface area (TPSA) is 78.6 Å². The molecule has 0 bridgehead atoms. The summed E-state index contributed by atoms with van der Waals surface area (Å²) in [5.74, 6) is -0.0201. The van der Waals surface area contributed by atoms with Crippen LogP contribution in [0.3, 0.4) is 0 Å². The van der Waals surface area contributed by atoms with Gasteiger partial charge < -0.3 is 15.2 Å². The summed E-state index contributed by atoms with van der Waals surface area (Å²) in [5.41, 5.74) is 6.35. The Kier molecular flexibility index (Phi) is 6.17. The Bertz CT molecular complexity index is 538. The maximum Gasteiger partial charge on any atom is 0.180 e. The van der Waals surface area contributed by atoms with E-state index in [-0.39, 0.29) is 18.5 Å². The first-order chi connectivity index (χ1) is 10.1. The van der Waals surface area contributed by atoms with Gasteiger partial charge in [-0.1, -0.05) is 12.1 Å². The van der Waals surface area contributed by atoms with Crippen LogP contribution in [0.5, 0.6) is 0 Å². The Balaban J connectivity index is 1.80. The van der Waals surface area contributed by atoms with Crippen molar-refractivity contribution in [1.29, 1.82) is 0 Å². The molecule has 1 aliphatic heterocycles. The average molecular weight is 313 g/mol. The zero-order chi connectivity index (χ0) is 15.1. The molecule has 5 nitrogen and oxygen atoms in total. The Morgan fingerprint density at radius 3 is 2.90 bits per heavy atom. The molecule has 0 radical (unpaired) electrons. The Morgan fingerprint density at radius 1 is 1.33 bits per heavy atom. The number of nitrogens with two attached hydrogens (primary N) is 1. The van der Waals surface area contributed by atoms with Gasteiger partial charge >= 0.3 is 0 Å². The van der Waals surface area contributed by atoms with Crippen molar-refractivity contribution in [3.8, 4) is 0 Å². The first-order valence-corrected chi connectivity index (χ1v) is 8.98. The van der Waals surface area contributed by atoms with E-state index in [0.29, 0.717) is 18.0 Å². The highest BCUT2D eigenvalue weighted by atomic mass is 32.2. The fraction of sp³-hybridized carbons (Fsp3) is 0.600. The van der Waals surface area contributed by atoms with Gasteiger partial charge in [-0.15, -0.1) is 0 Å². The Hall–Kier alpha value is -0.950. The molecule has 1 fully saturated rings. The van der Waals surface area contributed by atoms with E-state index >= 15 is 0 Å². The quantitative estimate of drug-likeness (QED) is 0.772. The second-order valence-electron chi connectivity index (χ2n) is 5.23. The van der Waals surface area contributed by atoms with Crippen molar-refractivity contribution in [3.63, 3.8) is 0 Å². The third-order valence-electron chi connectivity index (χ3n) is 3.57. The van der Waals surface area contributed by atoms with Crippen LogP contribution in [0.15, 0.2) is 29.2 Å². The number of ether oxygens (including phenoxy) is 2. The second kappa shape index (κ2) is 7.89. The van der Waals surface area contributed by atoms with Crippen LogP contribution in [0.1, 0.15) is 24.8 Å². The van der Waals surface area contributed by atoms with Crippen LogP contribution >= 0.6 is 0 Å². The molecule has 1 aliphatic rings. The van der Waals surface area contributed by atoms with Crippen LogP contribution in [0.2, 0.25) is 0 Å². The van der Waals surface area contributed by atoms with Crippen LogP contribution in [0.4, 0.5) is 0 Å². The Morgan fingerprint density at radius 2 is 2.19 bits per heavy atom. The first kappa shape index (κ1) is 16.4. The molecule has 0 spiro atoms. The summed E-state index contributed by atoms with van der Waals surface area (Å²) < 4.78 is 35.4. The second-order valence-corrected chi connectivity index (χ2v) is 7.34. The average Bonchev–Trinajstić information content (AvgIpc) is 2.53. The molecular formula is C15H23NO4S. The fourth-order valence-corrected chi connectivity index (χ4v) is 3.50. The highest BCUT2D eigenvalue weighted by Crippen LogP contribution is 2.15. The van der Waals surface area contributed by atoms with Crippen molar-refractivity contribution >= 4 is 9.84 Å². The molecule has 1 aromatic rings. The molecule has 1 atom stereocenters. The zero-order valence-electron chi connectivity index (χ0n) is 12.2. The summed E-state index contributed by atoms with van der Waals surface area (Å²) in [7, 11) is -3.32. The number of benzene rings is 1. The largest absolute Gasteiger partial charge is 0.378 e. The minimum atomic E-state index is -3.32. The molecule has 0 amide bonds. The summed E-state index contributed by atoms with van der Waals surface area (Å²) in [5, 5.41) is 0. The van der Waals surface area contributed by atoms with Crippen molar-refractivity contribution < 1.29 is 17.9 Å². The predicted octanol–water partition coefficient (Wildman–Crippen LogP) is 1.50. The molecule has 2 N–H and O–H groups in total. The van der Waals surface area contributed by atoms with Gasteiger partial charge in [-0.05, 0) is 37.0 Å². The molecular weight excluding hydrogens is 290 g/mol. The maximum absolute atomic E-state index is 12.2. The van der Waals surface area contributed by atoms with Crippen molar-refractivity contribution in [2.45, 2.75) is 36.8 Å². The van der Waals surface area contributed by atoms with E-state index in [2.05, 4.69) is 0 Å². The van der Waals surface area contributed by atoms with E-state index in [0.717, 1.165) is 31.4 Å². The molecule has 118 valence electrons. The van der Waals surface area contributed by atoms with Crippen molar-refractivity contribution in [3.05, 3.63) is 29.8 Å². The molecule has 0 aliphatic carbocycles. The maximum atomic E-state index is 12.2. The molecule has 1 heterocycles.